The monoisotopic (exact) mass is 1030 g/mol. The van der Waals surface area contributed by atoms with Crippen molar-refractivity contribution in [3.8, 4) is 0 Å². The van der Waals surface area contributed by atoms with Crippen LogP contribution in [0, 0.1) is 0 Å². The van der Waals surface area contributed by atoms with Crippen molar-refractivity contribution in [2.24, 2.45) is 0 Å². The summed E-state index contributed by atoms with van der Waals surface area (Å²) in [6.45, 7) is 0. The fraction of sp³-hybridized carbons (Fsp3) is 1.00. The van der Waals surface area contributed by atoms with Gasteiger partial charge >= 0.3 is 290 Å². The van der Waals surface area contributed by atoms with Gasteiger partial charge in [-0.3, -0.25) is 0 Å². The molecule has 0 atom stereocenters. The van der Waals surface area contributed by atoms with Crippen LogP contribution in [0.1, 0.15) is 0 Å². The molecule has 0 saturated carbocycles. The number of rotatable bonds is 15. The van der Waals surface area contributed by atoms with E-state index in [-0.39, 0.29) is 0 Å². The van der Waals surface area contributed by atoms with Gasteiger partial charge in [0.15, 0.2) is 0 Å². The van der Waals surface area contributed by atoms with E-state index < -0.39 is 118 Å². The molecular weight excluding hydrogens is 1030 g/mol. The van der Waals surface area contributed by atoms with Crippen molar-refractivity contribution in [2.75, 3.05) is 0 Å². The summed E-state index contributed by atoms with van der Waals surface area (Å²) in [5, 5.41) is 0. The minimum absolute atomic E-state index is 8.72. The van der Waals surface area contributed by atoms with Crippen LogP contribution in [0.25, 0.3) is 0 Å². The van der Waals surface area contributed by atoms with Crippen LogP contribution < -0.4 is 0 Å². The Labute approximate surface area is 290 Å². The van der Waals surface area contributed by atoms with Gasteiger partial charge in [-0.2, -0.15) is 0 Å². The molecule has 0 nitrogen and oxygen atoms in total. The molecule has 0 aliphatic heterocycles. The molecule has 0 unspecified atom stereocenters. The summed E-state index contributed by atoms with van der Waals surface area (Å²) in [4.78, 5) is 0. The number of alkyl halides is 39. The molecule has 0 rings (SSSR count). The SMILES string of the molecule is FC(F)(F)C(F)(F)C(F)(F)C(F)(F)C(F)(F)C(F)(F)[As](C(F)(F)C(F)(F)C(F)(F)C(F)(F)C(F)(F)C(F)(F)F)C(F)(F)C(F)(F)C(F)(F)C(F)(F)C(F)(F)C(F)(F)F. The zero-order valence-electron chi connectivity index (χ0n) is 24.2. The first-order chi connectivity index (χ1) is 24.1. The van der Waals surface area contributed by atoms with Crippen LogP contribution in [0.15, 0.2) is 0 Å². The van der Waals surface area contributed by atoms with Crippen molar-refractivity contribution in [3.05, 3.63) is 0 Å². The summed E-state index contributed by atoms with van der Waals surface area (Å²) < 4.78 is 494. The molecular formula is C18AsF39. The van der Waals surface area contributed by atoms with E-state index in [0.717, 1.165) is 0 Å². The molecule has 0 N–H and O–H groups in total. The first-order valence-corrected chi connectivity index (χ1v) is 14.6. The van der Waals surface area contributed by atoms with Gasteiger partial charge in [-0.05, 0) is 0 Å². The van der Waals surface area contributed by atoms with Crippen LogP contribution in [0.5, 0.6) is 0 Å². The molecule has 0 spiro atoms. The third kappa shape index (κ3) is 6.60. The van der Waals surface area contributed by atoms with E-state index in [9.17, 15) is 171 Å². The van der Waals surface area contributed by atoms with Gasteiger partial charge in [0.05, 0.1) is 0 Å². The van der Waals surface area contributed by atoms with Crippen LogP contribution in [0.3, 0.4) is 0 Å². The predicted octanol–water partition coefficient (Wildman–Crippen LogP) is 12.3. The van der Waals surface area contributed by atoms with Crippen LogP contribution in [0.4, 0.5) is 171 Å². The molecule has 350 valence electrons. The molecule has 0 fully saturated rings. The quantitative estimate of drug-likeness (QED) is 0.113. The molecule has 0 radical (unpaired) electrons. The number of hydrogen-bond donors (Lipinski definition) is 0. The Morgan fingerprint density at radius 1 is 0.138 bits per heavy atom. The average Bonchev–Trinajstić information content (AvgIpc) is 2.93. The van der Waals surface area contributed by atoms with Gasteiger partial charge in [0.2, 0.25) is 0 Å². The van der Waals surface area contributed by atoms with Crippen LogP contribution in [0.2, 0.25) is 0 Å². The standard InChI is InChI=1S/C18AsF39/c20-1(21,4(26,27)10(38,39)16(50,51)52)7(32,33)13(44,45)19(14(46,47)8(34,35)2(22,23)5(28,29)11(40,41)17(53,54)55)15(48,49)9(36,37)3(24,25)6(30,31)12(42,43)18(56,57)58. The summed E-state index contributed by atoms with van der Waals surface area (Å²) in [5.74, 6) is -120. The Morgan fingerprint density at radius 2 is 0.241 bits per heavy atom. The van der Waals surface area contributed by atoms with Gasteiger partial charge in [0, 0.05) is 0 Å². The molecule has 0 aromatic carbocycles. The fourth-order valence-electron chi connectivity index (χ4n) is 3.23. The van der Waals surface area contributed by atoms with Crippen molar-refractivity contribution in [3.63, 3.8) is 0 Å². The third-order valence-electron chi connectivity index (χ3n) is 6.59. The fourth-order valence-corrected chi connectivity index (χ4v) is 8.11. The molecule has 0 aliphatic carbocycles. The van der Waals surface area contributed by atoms with Crippen molar-refractivity contribution < 1.29 is 171 Å². The van der Waals surface area contributed by atoms with Gasteiger partial charge in [0.25, 0.3) is 0 Å². The second-order valence-corrected chi connectivity index (χ2v) is 15.3. The third-order valence-corrected chi connectivity index (χ3v) is 11.9. The number of hydrogen-bond acceptors (Lipinski definition) is 0. The van der Waals surface area contributed by atoms with Crippen LogP contribution >= 0.6 is 0 Å². The summed E-state index contributed by atoms with van der Waals surface area (Å²) in [7, 11) is 0. The second-order valence-electron chi connectivity index (χ2n) is 10.3. The van der Waals surface area contributed by atoms with Gasteiger partial charge in [-0.15, -0.1) is 0 Å². The summed E-state index contributed by atoms with van der Waals surface area (Å²) in [5.41, 5.74) is 0. The molecule has 0 aromatic rings. The molecule has 0 aliphatic rings. The van der Waals surface area contributed by atoms with Gasteiger partial charge in [-0.25, -0.2) is 0 Å². The molecule has 0 amide bonds. The van der Waals surface area contributed by atoms with Crippen molar-refractivity contribution >= 4 is 14.7 Å². The Balaban J connectivity index is 9.13. The topological polar surface area (TPSA) is 0 Å². The molecule has 40 heteroatoms. The predicted molar refractivity (Wildman–Crippen MR) is 98.1 cm³/mol. The minimum atomic E-state index is -12.4. The summed E-state index contributed by atoms with van der Waals surface area (Å²) >= 11 is -12.4. The maximum atomic E-state index is 14.7. The second kappa shape index (κ2) is 13.4. The first-order valence-electron chi connectivity index (χ1n) is 11.8. The summed E-state index contributed by atoms with van der Waals surface area (Å²) in [6, 6.07) is 0. The van der Waals surface area contributed by atoms with E-state index in [4.69, 9.17) is 0 Å². The molecule has 0 saturated heterocycles. The zero-order chi connectivity index (χ0) is 48.6. The van der Waals surface area contributed by atoms with Gasteiger partial charge < -0.3 is 0 Å². The van der Waals surface area contributed by atoms with Crippen molar-refractivity contribution in [1.82, 2.24) is 0 Å². The Bertz CT molecular complexity index is 1300. The van der Waals surface area contributed by atoms with Crippen molar-refractivity contribution in [2.45, 2.75) is 104 Å². The Morgan fingerprint density at radius 3 is 0.345 bits per heavy atom. The first kappa shape index (κ1) is 55.8. The van der Waals surface area contributed by atoms with E-state index in [1.54, 1.807) is 0 Å². The Kier molecular flexibility index (Phi) is 12.9. The Hall–Kier alpha value is -2.17. The van der Waals surface area contributed by atoms with Crippen molar-refractivity contribution in [1.29, 1.82) is 0 Å². The summed E-state index contributed by atoms with van der Waals surface area (Å²) in [6.07, 6.45) is -26.2. The average molecular weight is 1030 g/mol. The van der Waals surface area contributed by atoms with Crippen LogP contribution in [-0.2, 0) is 0 Å². The zero-order valence-corrected chi connectivity index (χ0v) is 26.1. The van der Waals surface area contributed by atoms with E-state index >= 15 is 0 Å². The van der Waals surface area contributed by atoms with E-state index in [1.807, 2.05) is 0 Å². The maximum absolute atomic E-state index is 14.7. The molecule has 0 aromatic heterocycles. The van der Waals surface area contributed by atoms with Gasteiger partial charge in [0.1, 0.15) is 0 Å². The van der Waals surface area contributed by atoms with Crippen LogP contribution in [-0.4, -0.2) is 118 Å². The molecule has 0 bridgehead atoms. The van der Waals surface area contributed by atoms with E-state index in [2.05, 4.69) is 0 Å². The number of halogens is 39. The van der Waals surface area contributed by atoms with E-state index in [1.165, 1.54) is 0 Å². The molecule has 0 heterocycles. The van der Waals surface area contributed by atoms with E-state index in [0.29, 0.717) is 0 Å². The van der Waals surface area contributed by atoms with Gasteiger partial charge in [-0.1, -0.05) is 0 Å². The molecule has 58 heavy (non-hydrogen) atoms. The normalized spacial score (nSPS) is 17.4.